The quantitative estimate of drug-likeness (QED) is 0.454. The van der Waals surface area contributed by atoms with Gasteiger partial charge >= 0.3 is 0 Å². The van der Waals surface area contributed by atoms with Gasteiger partial charge < -0.3 is 9.80 Å². The summed E-state index contributed by atoms with van der Waals surface area (Å²) in [5, 5.41) is 1.18. The second kappa shape index (κ2) is 8.67. The van der Waals surface area contributed by atoms with Crippen LogP contribution in [0.4, 0.5) is 5.82 Å². The summed E-state index contributed by atoms with van der Waals surface area (Å²) in [6.45, 7) is 5.25. The summed E-state index contributed by atoms with van der Waals surface area (Å²) in [4.78, 5) is 31.1. The number of piperidine rings is 1. The zero-order chi connectivity index (χ0) is 23.1. The van der Waals surface area contributed by atoms with Crippen molar-refractivity contribution in [3.05, 3.63) is 72.1 Å². The number of hydrogen-bond donors (Lipinski definition) is 0. The van der Waals surface area contributed by atoms with Gasteiger partial charge in [0.25, 0.3) is 0 Å². The number of likely N-dealkylation sites (tertiary alicyclic amines) is 1. The minimum absolute atomic E-state index is 0.167. The second-order valence-corrected chi connectivity index (χ2v) is 9.66. The van der Waals surface area contributed by atoms with Gasteiger partial charge in [0.2, 0.25) is 5.91 Å². The highest BCUT2D eigenvalue weighted by atomic mass is 16.2. The Morgan fingerprint density at radius 2 is 1.53 bits per heavy atom. The Balaban J connectivity index is 1.21. The largest absolute Gasteiger partial charge is 0.356 e. The number of anilines is 1. The van der Waals surface area contributed by atoms with Gasteiger partial charge in [-0.05, 0) is 55.5 Å². The van der Waals surface area contributed by atoms with E-state index >= 15 is 0 Å². The summed E-state index contributed by atoms with van der Waals surface area (Å²) in [6, 6.07) is 20.7. The van der Waals surface area contributed by atoms with Crippen LogP contribution in [-0.4, -0.2) is 51.9 Å². The molecular formula is C28H29N5O. The van der Waals surface area contributed by atoms with Crippen molar-refractivity contribution in [3.8, 4) is 0 Å². The smallest absolute Gasteiger partial charge is 0.219 e. The number of pyridine rings is 1. The van der Waals surface area contributed by atoms with E-state index in [1.54, 1.807) is 6.92 Å². The number of amides is 1. The molecule has 6 rings (SSSR count). The average molecular weight is 452 g/mol. The molecule has 172 valence electrons. The summed E-state index contributed by atoms with van der Waals surface area (Å²) in [6.07, 6.45) is 2.85. The van der Waals surface area contributed by atoms with Crippen molar-refractivity contribution in [2.24, 2.45) is 5.92 Å². The van der Waals surface area contributed by atoms with Crippen LogP contribution in [0.2, 0.25) is 0 Å². The van der Waals surface area contributed by atoms with Gasteiger partial charge in [-0.3, -0.25) is 4.79 Å². The molecule has 2 aromatic heterocycles. The number of fused-ring (bicyclic) bond motifs is 2. The van der Waals surface area contributed by atoms with Gasteiger partial charge in [-0.15, -0.1) is 0 Å². The number of benzene rings is 2. The number of aromatic nitrogens is 3. The zero-order valence-corrected chi connectivity index (χ0v) is 19.5. The molecule has 0 aliphatic carbocycles. The first-order valence-corrected chi connectivity index (χ1v) is 12.3. The third-order valence-electron chi connectivity index (χ3n) is 7.35. The Morgan fingerprint density at radius 3 is 2.26 bits per heavy atom. The first-order valence-electron chi connectivity index (χ1n) is 12.3. The van der Waals surface area contributed by atoms with Gasteiger partial charge in [0.05, 0.1) is 27.9 Å². The Bertz CT molecular complexity index is 1360. The Kier molecular flexibility index (Phi) is 5.36. The summed E-state index contributed by atoms with van der Waals surface area (Å²) < 4.78 is 0. The fraction of sp³-hybridized carbons (Fsp3) is 0.357. The Labute approximate surface area is 199 Å². The maximum absolute atomic E-state index is 11.8. The molecule has 6 nitrogen and oxygen atoms in total. The van der Waals surface area contributed by atoms with E-state index in [0.717, 1.165) is 79.2 Å². The molecule has 2 aliphatic rings. The molecule has 0 bridgehead atoms. The van der Waals surface area contributed by atoms with E-state index in [9.17, 15) is 4.79 Å². The van der Waals surface area contributed by atoms with Crippen LogP contribution in [0.25, 0.3) is 21.9 Å². The standard InChI is InChI=1S/C28H29N5O/c1-19(34)32-14-12-22(13-15-32)28-26(29-24-8-4-5-9-25(24)31-28)16-20-17-33(18-20)27-11-10-21-6-2-3-7-23(21)30-27/h2-11,20,22H,12-18H2,1H3. The van der Waals surface area contributed by atoms with Crippen LogP contribution in [0, 0.1) is 5.92 Å². The highest BCUT2D eigenvalue weighted by Crippen LogP contribution is 2.33. The first kappa shape index (κ1) is 21.0. The van der Waals surface area contributed by atoms with E-state index in [1.165, 1.54) is 5.39 Å². The molecule has 2 aromatic carbocycles. The molecule has 4 aromatic rings. The first-order chi connectivity index (χ1) is 16.6. The molecular weight excluding hydrogens is 422 g/mol. The average Bonchev–Trinajstić information content (AvgIpc) is 2.85. The van der Waals surface area contributed by atoms with Gasteiger partial charge in [0.1, 0.15) is 5.82 Å². The van der Waals surface area contributed by atoms with E-state index in [0.29, 0.717) is 11.8 Å². The van der Waals surface area contributed by atoms with E-state index in [4.69, 9.17) is 15.0 Å². The van der Waals surface area contributed by atoms with Crippen molar-refractivity contribution in [1.82, 2.24) is 19.9 Å². The Hall–Kier alpha value is -3.54. The van der Waals surface area contributed by atoms with E-state index in [-0.39, 0.29) is 5.91 Å². The predicted molar refractivity (Wildman–Crippen MR) is 135 cm³/mol. The number of hydrogen-bond acceptors (Lipinski definition) is 5. The summed E-state index contributed by atoms with van der Waals surface area (Å²) >= 11 is 0. The molecule has 2 aliphatic heterocycles. The molecule has 0 atom stereocenters. The second-order valence-electron chi connectivity index (χ2n) is 9.66. The molecule has 0 radical (unpaired) electrons. The molecule has 1 amide bonds. The summed E-state index contributed by atoms with van der Waals surface area (Å²) in [5.74, 6) is 2.12. The minimum atomic E-state index is 0.167. The fourth-order valence-corrected chi connectivity index (χ4v) is 5.39. The molecule has 4 heterocycles. The molecule has 6 heteroatoms. The van der Waals surface area contributed by atoms with Gasteiger partial charge in [0.15, 0.2) is 0 Å². The topological polar surface area (TPSA) is 62.2 Å². The molecule has 2 fully saturated rings. The van der Waals surface area contributed by atoms with E-state index in [2.05, 4.69) is 47.4 Å². The number of rotatable bonds is 4. The molecule has 0 unspecified atom stereocenters. The van der Waals surface area contributed by atoms with Crippen molar-refractivity contribution in [3.63, 3.8) is 0 Å². The highest BCUT2D eigenvalue weighted by Gasteiger charge is 2.31. The summed E-state index contributed by atoms with van der Waals surface area (Å²) in [5.41, 5.74) is 5.25. The Morgan fingerprint density at radius 1 is 0.853 bits per heavy atom. The third kappa shape index (κ3) is 3.98. The van der Waals surface area contributed by atoms with Gasteiger partial charge in [-0.25, -0.2) is 15.0 Å². The van der Waals surface area contributed by atoms with Gasteiger partial charge in [-0.2, -0.15) is 0 Å². The van der Waals surface area contributed by atoms with E-state index in [1.807, 2.05) is 23.1 Å². The number of carbonyl (C=O) groups excluding carboxylic acids is 1. The van der Waals surface area contributed by atoms with Crippen molar-refractivity contribution in [2.75, 3.05) is 31.1 Å². The lowest BCUT2D eigenvalue weighted by Gasteiger charge is -2.40. The molecule has 0 N–H and O–H groups in total. The lowest BCUT2D eigenvalue weighted by molar-refractivity contribution is -0.129. The highest BCUT2D eigenvalue weighted by molar-refractivity contribution is 5.80. The number of carbonyl (C=O) groups is 1. The monoisotopic (exact) mass is 451 g/mol. The molecule has 0 spiro atoms. The van der Waals surface area contributed by atoms with Crippen LogP contribution >= 0.6 is 0 Å². The van der Waals surface area contributed by atoms with Crippen LogP contribution in [0.3, 0.4) is 0 Å². The van der Waals surface area contributed by atoms with Crippen molar-refractivity contribution >= 4 is 33.7 Å². The normalized spacial score (nSPS) is 17.3. The zero-order valence-electron chi connectivity index (χ0n) is 19.5. The number of nitrogens with zero attached hydrogens (tertiary/aromatic N) is 5. The SMILES string of the molecule is CC(=O)N1CCC(c2nc3ccccc3nc2CC2CN(c3ccc4ccccc4n3)C2)CC1. The lowest BCUT2D eigenvalue weighted by Crippen LogP contribution is -2.48. The predicted octanol–water partition coefficient (Wildman–Crippen LogP) is 4.58. The lowest BCUT2D eigenvalue weighted by atomic mass is 9.87. The van der Waals surface area contributed by atoms with Gasteiger partial charge in [0, 0.05) is 44.4 Å². The van der Waals surface area contributed by atoms with Crippen LogP contribution in [0.15, 0.2) is 60.7 Å². The fourth-order valence-electron chi connectivity index (χ4n) is 5.39. The minimum Gasteiger partial charge on any atom is -0.356 e. The third-order valence-corrected chi connectivity index (χ3v) is 7.35. The van der Waals surface area contributed by atoms with Crippen LogP contribution in [0.1, 0.15) is 37.1 Å². The van der Waals surface area contributed by atoms with Gasteiger partial charge in [-0.1, -0.05) is 30.3 Å². The molecule has 2 saturated heterocycles. The van der Waals surface area contributed by atoms with Crippen molar-refractivity contribution in [2.45, 2.75) is 32.1 Å². The van der Waals surface area contributed by atoms with Crippen LogP contribution in [-0.2, 0) is 11.2 Å². The maximum atomic E-state index is 11.8. The van der Waals surface area contributed by atoms with Crippen molar-refractivity contribution < 1.29 is 4.79 Å². The number of para-hydroxylation sites is 3. The van der Waals surface area contributed by atoms with E-state index < -0.39 is 0 Å². The van der Waals surface area contributed by atoms with Crippen LogP contribution in [0.5, 0.6) is 0 Å². The maximum Gasteiger partial charge on any atom is 0.219 e. The summed E-state index contributed by atoms with van der Waals surface area (Å²) in [7, 11) is 0. The molecule has 34 heavy (non-hydrogen) atoms. The molecule has 0 saturated carbocycles. The van der Waals surface area contributed by atoms with Crippen molar-refractivity contribution in [1.29, 1.82) is 0 Å². The van der Waals surface area contributed by atoms with Crippen LogP contribution < -0.4 is 4.90 Å².